The van der Waals surface area contributed by atoms with Gasteiger partial charge in [0, 0.05) is 31.1 Å². The summed E-state index contributed by atoms with van der Waals surface area (Å²) in [5, 5.41) is 7.80. The maximum Gasteiger partial charge on any atom is 0.0522 e. The standard InChI is InChI=1S/C11H21N3S/c1-4-7-14-11(5-6-13-14)8-12-10(2)9-15-3/h5-6,10,12H,4,7-9H2,1-3H3. The van der Waals surface area contributed by atoms with E-state index in [1.807, 2.05) is 18.0 Å². The number of nitrogens with zero attached hydrogens (tertiary/aromatic N) is 2. The van der Waals surface area contributed by atoms with E-state index >= 15 is 0 Å². The van der Waals surface area contributed by atoms with Crippen LogP contribution in [0.25, 0.3) is 0 Å². The Hall–Kier alpha value is -0.480. The van der Waals surface area contributed by atoms with Crippen LogP contribution >= 0.6 is 11.8 Å². The molecule has 0 aromatic carbocycles. The van der Waals surface area contributed by atoms with Gasteiger partial charge in [0.05, 0.1) is 5.69 Å². The van der Waals surface area contributed by atoms with Crippen LogP contribution in [-0.4, -0.2) is 27.8 Å². The monoisotopic (exact) mass is 227 g/mol. The zero-order chi connectivity index (χ0) is 11.1. The van der Waals surface area contributed by atoms with Gasteiger partial charge in [-0.1, -0.05) is 6.92 Å². The minimum atomic E-state index is 0.560. The molecule has 0 aliphatic rings. The number of aromatic nitrogens is 2. The van der Waals surface area contributed by atoms with Crippen molar-refractivity contribution < 1.29 is 0 Å². The lowest BCUT2D eigenvalue weighted by molar-refractivity contribution is 0.526. The molecule has 1 heterocycles. The van der Waals surface area contributed by atoms with Gasteiger partial charge < -0.3 is 5.32 Å². The first-order chi connectivity index (χ1) is 7.27. The molecule has 1 aromatic heterocycles. The highest BCUT2D eigenvalue weighted by atomic mass is 32.2. The smallest absolute Gasteiger partial charge is 0.0522 e. The number of rotatable bonds is 7. The first kappa shape index (κ1) is 12.6. The maximum absolute atomic E-state index is 4.30. The van der Waals surface area contributed by atoms with E-state index in [-0.39, 0.29) is 0 Å². The van der Waals surface area contributed by atoms with Gasteiger partial charge in [0.1, 0.15) is 0 Å². The topological polar surface area (TPSA) is 29.9 Å². The molecule has 0 bridgehead atoms. The van der Waals surface area contributed by atoms with E-state index in [9.17, 15) is 0 Å². The van der Waals surface area contributed by atoms with Crippen LogP contribution in [0, 0.1) is 0 Å². The fourth-order valence-corrected chi connectivity index (χ4v) is 2.13. The molecule has 1 atom stereocenters. The van der Waals surface area contributed by atoms with Crippen molar-refractivity contribution in [3.8, 4) is 0 Å². The number of thioether (sulfide) groups is 1. The van der Waals surface area contributed by atoms with Crippen molar-refractivity contribution in [2.24, 2.45) is 0 Å². The van der Waals surface area contributed by atoms with E-state index in [0.717, 1.165) is 25.3 Å². The summed E-state index contributed by atoms with van der Waals surface area (Å²) >= 11 is 1.88. The van der Waals surface area contributed by atoms with Crippen molar-refractivity contribution in [3.63, 3.8) is 0 Å². The molecule has 86 valence electrons. The van der Waals surface area contributed by atoms with Crippen molar-refractivity contribution in [2.75, 3.05) is 12.0 Å². The summed E-state index contributed by atoms with van der Waals surface area (Å²) < 4.78 is 2.08. The van der Waals surface area contributed by atoms with Gasteiger partial charge in [-0.2, -0.15) is 16.9 Å². The highest BCUT2D eigenvalue weighted by Gasteiger charge is 2.04. The van der Waals surface area contributed by atoms with Gasteiger partial charge in [0.15, 0.2) is 0 Å². The largest absolute Gasteiger partial charge is 0.308 e. The molecule has 15 heavy (non-hydrogen) atoms. The number of nitrogens with one attached hydrogen (secondary N) is 1. The molecule has 3 nitrogen and oxygen atoms in total. The van der Waals surface area contributed by atoms with E-state index in [1.165, 1.54) is 5.69 Å². The van der Waals surface area contributed by atoms with Crippen LogP contribution in [0.15, 0.2) is 12.3 Å². The molecule has 1 aromatic rings. The summed E-state index contributed by atoms with van der Waals surface area (Å²) in [6, 6.07) is 2.65. The van der Waals surface area contributed by atoms with Crippen LogP contribution in [0.1, 0.15) is 26.0 Å². The number of hydrogen-bond acceptors (Lipinski definition) is 3. The van der Waals surface area contributed by atoms with Crippen LogP contribution in [-0.2, 0) is 13.1 Å². The molecular formula is C11H21N3S. The van der Waals surface area contributed by atoms with Crippen molar-refractivity contribution >= 4 is 11.8 Å². The molecule has 1 rings (SSSR count). The summed E-state index contributed by atoms with van der Waals surface area (Å²) in [5.41, 5.74) is 1.28. The number of aryl methyl sites for hydroxylation is 1. The van der Waals surface area contributed by atoms with Gasteiger partial charge >= 0.3 is 0 Å². The molecule has 4 heteroatoms. The SMILES string of the molecule is CCCn1nccc1CNC(C)CSC. The first-order valence-corrected chi connectivity index (χ1v) is 6.90. The predicted octanol–water partition coefficient (Wildman–Crippen LogP) is 2.13. The van der Waals surface area contributed by atoms with Crippen LogP contribution in [0.4, 0.5) is 0 Å². The third kappa shape index (κ3) is 4.26. The lowest BCUT2D eigenvalue weighted by atomic mass is 10.3. The minimum absolute atomic E-state index is 0.560. The van der Waals surface area contributed by atoms with Gasteiger partial charge in [-0.25, -0.2) is 0 Å². The molecule has 0 fully saturated rings. The molecule has 1 N–H and O–H groups in total. The van der Waals surface area contributed by atoms with Crippen LogP contribution in [0.2, 0.25) is 0 Å². The molecule has 0 spiro atoms. The Kier molecular flexibility index (Phi) is 5.79. The Labute approximate surface area is 96.6 Å². The van der Waals surface area contributed by atoms with Gasteiger partial charge in [-0.3, -0.25) is 4.68 Å². The van der Waals surface area contributed by atoms with E-state index in [1.54, 1.807) is 0 Å². The minimum Gasteiger partial charge on any atom is -0.308 e. The Bertz CT molecular complexity index is 273. The van der Waals surface area contributed by atoms with Crippen molar-refractivity contribution in [1.82, 2.24) is 15.1 Å². The average Bonchev–Trinajstić information content (AvgIpc) is 2.64. The second-order valence-corrected chi connectivity index (χ2v) is 4.69. The third-order valence-electron chi connectivity index (χ3n) is 2.29. The molecule has 0 saturated heterocycles. The third-order valence-corrected chi connectivity index (χ3v) is 3.12. The molecule has 0 aliphatic carbocycles. The fourth-order valence-electron chi connectivity index (χ4n) is 1.51. The number of hydrogen-bond donors (Lipinski definition) is 1. The summed E-state index contributed by atoms with van der Waals surface area (Å²) in [5.74, 6) is 1.15. The molecule has 0 amide bonds. The Morgan fingerprint density at radius 2 is 2.40 bits per heavy atom. The van der Waals surface area contributed by atoms with Gasteiger partial charge in [0.2, 0.25) is 0 Å². The zero-order valence-electron chi connectivity index (χ0n) is 9.86. The molecule has 1 unspecified atom stereocenters. The molecule has 0 radical (unpaired) electrons. The highest BCUT2D eigenvalue weighted by molar-refractivity contribution is 7.98. The zero-order valence-corrected chi connectivity index (χ0v) is 10.7. The lowest BCUT2D eigenvalue weighted by Crippen LogP contribution is -2.28. The van der Waals surface area contributed by atoms with Crippen LogP contribution < -0.4 is 5.32 Å². The van der Waals surface area contributed by atoms with E-state index in [0.29, 0.717) is 6.04 Å². The molecule has 0 aliphatic heterocycles. The van der Waals surface area contributed by atoms with Gasteiger partial charge in [-0.05, 0) is 25.7 Å². The Morgan fingerprint density at radius 1 is 1.60 bits per heavy atom. The Morgan fingerprint density at radius 3 is 3.07 bits per heavy atom. The second-order valence-electron chi connectivity index (χ2n) is 3.78. The summed E-state index contributed by atoms with van der Waals surface area (Å²) in [6.07, 6.45) is 5.15. The molecule has 0 saturated carbocycles. The quantitative estimate of drug-likeness (QED) is 0.774. The van der Waals surface area contributed by atoms with Crippen LogP contribution in [0.3, 0.4) is 0 Å². The van der Waals surface area contributed by atoms with Crippen molar-refractivity contribution in [2.45, 2.75) is 39.4 Å². The first-order valence-electron chi connectivity index (χ1n) is 5.51. The second kappa shape index (κ2) is 6.90. The van der Waals surface area contributed by atoms with E-state index in [4.69, 9.17) is 0 Å². The fraction of sp³-hybridized carbons (Fsp3) is 0.727. The predicted molar refractivity (Wildman–Crippen MR) is 67.2 cm³/mol. The van der Waals surface area contributed by atoms with E-state index < -0.39 is 0 Å². The summed E-state index contributed by atoms with van der Waals surface area (Å²) in [4.78, 5) is 0. The average molecular weight is 227 g/mol. The van der Waals surface area contributed by atoms with Crippen molar-refractivity contribution in [3.05, 3.63) is 18.0 Å². The maximum atomic E-state index is 4.30. The molecular weight excluding hydrogens is 206 g/mol. The highest BCUT2D eigenvalue weighted by Crippen LogP contribution is 2.02. The summed E-state index contributed by atoms with van der Waals surface area (Å²) in [7, 11) is 0. The van der Waals surface area contributed by atoms with Gasteiger partial charge in [-0.15, -0.1) is 0 Å². The Balaban J connectivity index is 2.39. The van der Waals surface area contributed by atoms with Gasteiger partial charge in [0.25, 0.3) is 0 Å². The lowest BCUT2D eigenvalue weighted by Gasteiger charge is -2.13. The van der Waals surface area contributed by atoms with E-state index in [2.05, 4.69) is 41.3 Å². The van der Waals surface area contributed by atoms with Crippen LogP contribution in [0.5, 0.6) is 0 Å². The van der Waals surface area contributed by atoms with Crippen molar-refractivity contribution in [1.29, 1.82) is 0 Å². The normalized spacial score (nSPS) is 13.0. The summed E-state index contributed by atoms with van der Waals surface area (Å²) in [6.45, 7) is 6.33.